The van der Waals surface area contributed by atoms with E-state index in [1.807, 2.05) is 0 Å². The number of benzene rings is 1. The summed E-state index contributed by atoms with van der Waals surface area (Å²) in [5.74, 6) is -3.65. The van der Waals surface area contributed by atoms with Crippen LogP contribution in [0.3, 0.4) is 0 Å². The summed E-state index contributed by atoms with van der Waals surface area (Å²) in [7, 11) is 1.14. The van der Waals surface area contributed by atoms with Gasteiger partial charge in [-0.25, -0.2) is 0 Å². The highest BCUT2D eigenvalue weighted by atomic mass is 32.2. The Labute approximate surface area is 119 Å². The lowest BCUT2D eigenvalue weighted by atomic mass is 10.1. The Morgan fingerprint density at radius 3 is 2.35 bits per heavy atom. The zero-order valence-corrected chi connectivity index (χ0v) is 11.8. The van der Waals surface area contributed by atoms with Gasteiger partial charge < -0.3 is 9.47 Å². The van der Waals surface area contributed by atoms with Crippen LogP contribution in [0.4, 0.5) is 13.2 Å². The van der Waals surface area contributed by atoms with Crippen molar-refractivity contribution in [3.05, 3.63) is 30.3 Å². The molecule has 2 atom stereocenters. The van der Waals surface area contributed by atoms with Gasteiger partial charge in [-0.1, -0.05) is 30.0 Å². The summed E-state index contributed by atoms with van der Waals surface area (Å²) < 4.78 is 48.5. The van der Waals surface area contributed by atoms with Crippen molar-refractivity contribution in [2.24, 2.45) is 5.92 Å². The molecule has 3 nitrogen and oxygen atoms in total. The van der Waals surface area contributed by atoms with Gasteiger partial charge >= 0.3 is 12.1 Å². The van der Waals surface area contributed by atoms with Crippen LogP contribution in [0.5, 0.6) is 0 Å². The Hall–Kier alpha value is -1.21. The number of alkyl halides is 3. The molecule has 0 bridgehead atoms. The van der Waals surface area contributed by atoms with Gasteiger partial charge in [-0.15, -0.1) is 0 Å². The number of hydrogen-bond donors (Lipinski definition) is 0. The third-order valence-corrected chi connectivity index (χ3v) is 3.63. The first-order valence-electron chi connectivity index (χ1n) is 5.88. The molecule has 0 aliphatic carbocycles. The monoisotopic (exact) mass is 308 g/mol. The SMILES string of the molecule is CCOC(=O)C(C(OC)Sc1ccccc1)C(F)(F)F. The van der Waals surface area contributed by atoms with Gasteiger partial charge in [0.1, 0.15) is 5.44 Å². The molecule has 0 aliphatic heterocycles. The molecule has 0 fully saturated rings. The average molecular weight is 308 g/mol. The predicted octanol–water partition coefficient (Wildman–Crippen LogP) is 3.49. The Balaban J connectivity index is 2.94. The van der Waals surface area contributed by atoms with E-state index in [9.17, 15) is 18.0 Å². The lowest BCUT2D eigenvalue weighted by molar-refractivity contribution is -0.208. The topological polar surface area (TPSA) is 35.5 Å². The van der Waals surface area contributed by atoms with Crippen LogP contribution in [0.15, 0.2) is 35.2 Å². The molecule has 7 heteroatoms. The first kappa shape index (κ1) is 16.8. The molecular weight excluding hydrogens is 293 g/mol. The van der Waals surface area contributed by atoms with Gasteiger partial charge in [0, 0.05) is 12.0 Å². The first-order chi connectivity index (χ1) is 9.40. The van der Waals surface area contributed by atoms with Crippen molar-refractivity contribution in [1.29, 1.82) is 0 Å². The van der Waals surface area contributed by atoms with Gasteiger partial charge in [0.2, 0.25) is 0 Å². The van der Waals surface area contributed by atoms with E-state index >= 15 is 0 Å². The normalized spacial score (nSPS) is 14.7. The van der Waals surface area contributed by atoms with E-state index in [1.165, 1.54) is 6.92 Å². The molecule has 0 saturated heterocycles. The third kappa shape index (κ3) is 4.72. The zero-order valence-electron chi connectivity index (χ0n) is 11.0. The summed E-state index contributed by atoms with van der Waals surface area (Å²) in [6.45, 7) is 1.34. The van der Waals surface area contributed by atoms with Crippen molar-refractivity contribution in [2.45, 2.75) is 23.4 Å². The summed E-state index contributed by atoms with van der Waals surface area (Å²) in [5, 5.41) is 0. The number of thioether (sulfide) groups is 1. The minimum absolute atomic E-state index is 0.113. The summed E-state index contributed by atoms with van der Waals surface area (Å²) in [4.78, 5) is 12.1. The summed E-state index contributed by atoms with van der Waals surface area (Å²) in [6, 6.07) is 8.44. The van der Waals surface area contributed by atoms with Crippen molar-refractivity contribution in [3.63, 3.8) is 0 Å². The molecule has 0 saturated carbocycles. The number of carbonyl (C=O) groups is 1. The number of hydrogen-bond acceptors (Lipinski definition) is 4. The zero-order chi connectivity index (χ0) is 15.2. The largest absolute Gasteiger partial charge is 0.465 e. The highest BCUT2D eigenvalue weighted by molar-refractivity contribution is 7.99. The molecule has 1 aromatic rings. The molecule has 20 heavy (non-hydrogen) atoms. The number of carbonyl (C=O) groups excluding carboxylic acids is 1. The van der Waals surface area contributed by atoms with E-state index in [0.29, 0.717) is 4.90 Å². The quantitative estimate of drug-likeness (QED) is 0.458. The smallest absolute Gasteiger partial charge is 0.405 e. The fourth-order valence-corrected chi connectivity index (χ4v) is 2.60. The van der Waals surface area contributed by atoms with Crippen LogP contribution >= 0.6 is 11.8 Å². The molecule has 0 radical (unpaired) electrons. The summed E-state index contributed by atoms with van der Waals surface area (Å²) in [6.07, 6.45) is -4.73. The second-order valence-corrected chi connectivity index (χ2v) is 4.98. The number of halogens is 3. The van der Waals surface area contributed by atoms with Crippen molar-refractivity contribution < 1.29 is 27.4 Å². The van der Waals surface area contributed by atoms with Gasteiger partial charge in [0.25, 0.3) is 0 Å². The molecule has 0 heterocycles. The Kier molecular flexibility index (Phi) is 6.35. The van der Waals surface area contributed by atoms with E-state index in [2.05, 4.69) is 4.74 Å². The third-order valence-electron chi connectivity index (χ3n) is 2.39. The highest BCUT2D eigenvalue weighted by Crippen LogP contribution is 2.38. The van der Waals surface area contributed by atoms with E-state index < -0.39 is 23.5 Å². The van der Waals surface area contributed by atoms with Crippen molar-refractivity contribution >= 4 is 17.7 Å². The molecular formula is C13H15F3O3S. The summed E-state index contributed by atoms with van der Waals surface area (Å²) in [5.41, 5.74) is -1.39. The maximum absolute atomic E-state index is 13.0. The Morgan fingerprint density at radius 1 is 1.30 bits per heavy atom. The van der Waals surface area contributed by atoms with E-state index in [0.717, 1.165) is 18.9 Å². The number of ether oxygens (including phenoxy) is 2. The van der Waals surface area contributed by atoms with Crippen molar-refractivity contribution in [2.75, 3.05) is 13.7 Å². The average Bonchev–Trinajstić information content (AvgIpc) is 2.37. The van der Waals surface area contributed by atoms with Crippen LogP contribution in [-0.4, -0.2) is 31.3 Å². The molecule has 1 rings (SSSR count). The number of rotatable bonds is 6. The van der Waals surface area contributed by atoms with Gasteiger partial charge in [-0.2, -0.15) is 13.2 Å². The van der Waals surface area contributed by atoms with Gasteiger partial charge in [-0.05, 0) is 19.1 Å². The Bertz CT molecular complexity index is 423. The van der Waals surface area contributed by atoms with Gasteiger partial charge in [-0.3, -0.25) is 4.79 Å². The molecule has 0 N–H and O–H groups in total. The van der Waals surface area contributed by atoms with Crippen molar-refractivity contribution in [1.82, 2.24) is 0 Å². The maximum atomic E-state index is 13.0. The van der Waals surface area contributed by atoms with E-state index in [1.54, 1.807) is 30.3 Å². The molecule has 112 valence electrons. The minimum atomic E-state index is -4.73. The van der Waals surface area contributed by atoms with Gasteiger partial charge in [0.15, 0.2) is 5.92 Å². The lowest BCUT2D eigenvalue weighted by Crippen LogP contribution is -2.40. The molecule has 2 unspecified atom stereocenters. The van der Waals surface area contributed by atoms with E-state index in [-0.39, 0.29) is 6.61 Å². The standard InChI is InChI=1S/C13H15F3O3S/c1-3-19-11(17)10(13(14,15)16)12(18-2)20-9-7-5-4-6-8-9/h4-8,10,12H,3H2,1-2H3. The predicted molar refractivity (Wildman–Crippen MR) is 69.3 cm³/mol. The first-order valence-corrected chi connectivity index (χ1v) is 6.76. The molecule has 0 aromatic heterocycles. The number of methoxy groups -OCH3 is 1. The molecule has 1 aromatic carbocycles. The lowest BCUT2D eigenvalue weighted by Gasteiger charge is -2.25. The van der Waals surface area contributed by atoms with Crippen LogP contribution in [-0.2, 0) is 14.3 Å². The van der Waals surface area contributed by atoms with Crippen LogP contribution in [0.1, 0.15) is 6.92 Å². The van der Waals surface area contributed by atoms with E-state index in [4.69, 9.17) is 4.74 Å². The second kappa shape index (κ2) is 7.54. The van der Waals surface area contributed by atoms with Crippen LogP contribution in [0, 0.1) is 5.92 Å². The summed E-state index contributed by atoms with van der Waals surface area (Å²) >= 11 is 0.835. The fraction of sp³-hybridized carbons (Fsp3) is 0.462. The Morgan fingerprint density at radius 2 is 1.90 bits per heavy atom. The minimum Gasteiger partial charge on any atom is -0.465 e. The van der Waals surface area contributed by atoms with Gasteiger partial charge in [0.05, 0.1) is 6.61 Å². The number of esters is 1. The fourth-order valence-electron chi connectivity index (χ4n) is 1.52. The molecule has 0 amide bonds. The van der Waals surface area contributed by atoms with Crippen molar-refractivity contribution in [3.8, 4) is 0 Å². The molecule has 0 aliphatic rings. The highest BCUT2D eigenvalue weighted by Gasteiger charge is 2.51. The van der Waals surface area contributed by atoms with Crippen LogP contribution in [0.2, 0.25) is 0 Å². The second-order valence-electron chi connectivity index (χ2n) is 3.81. The molecule has 0 spiro atoms. The van der Waals surface area contributed by atoms with Crippen LogP contribution in [0.25, 0.3) is 0 Å². The maximum Gasteiger partial charge on any atom is 0.405 e. The van der Waals surface area contributed by atoms with Crippen LogP contribution < -0.4 is 0 Å².